The van der Waals surface area contributed by atoms with E-state index in [9.17, 15) is 0 Å². The molecule has 1 aromatic rings. The summed E-state index contributed by atoms with van der Waals surface area (Å²) in [5.41, 5.74) is 1.22. The number of fused-ring (bicyclic) bond motifs is 1. The van der Waals surface area contributed by atoms with Gasteiger partial charge in [-0.05, 0) is 32.2 Å². The van der Waals surface area contributed by atoms with Gasteiger partial charge in [-0.3, -0.25) is 0 Å². The molecule has 0 saturated heterocycles. The van der Waals surface area contributed by atoms with Crippen LogP contribution in [0.15, 0.2) is 18.2 Å². The summed E-state index contributed by atoms with van der Waals surface area (Å²) in [6, 6.07) is 5.82. The highest BCUT2D eigenvalue weighted by atomic mass is 35.5. The van der Waals surface area contributed by atoms with Crippen molar-refractivity contribution in [3.63, 3.8) is 0 Å². The lowest BCUT2D eigenvalue weighted by molar-refractivity contribution is 0.225. The quantitative estimate of drug-likeness (QED) is 0.812. The van der Waals surface area contributed by atoms with Gasteiger partial charge >= 0.3 is 0 Å². The van der Waals surface area contributed by atoms with E-state index in [0.29, 0.717) is 5.92 Å². The van der Waals surface area contributed by atoms with Gasteiger partial charge in [0.25, 0.3) is 0 Å². The summed E-state index contributed by atoms with van der Waals surface area (Å²) in [7, 11) is 1.95. The number of benzene rings is 1. The van der Waals surface area contributed by atoms with Crippen molar-refractivity contribution in [2.45, 2.75) is 18.9 Å². The number of nitrogens with one attached hydrogen (secondary N) is 1. The van der Waals surface area contributed by atoms with Crippen LogP contribution in [0, 0.1) is 0 Å². The predicted molar refractivity (Wildman–Crippen MR) is 58.2 cm³/mol. The van der Waals surface area contributed by atoms with Gasteiger partial charge in [-0.1, -0.05) is 11.6 Å². The van der Waals surface area contributed by atoms with E-state index < -0.39 is 0 Å². The third-order valence-electron chi connectivity index (χ3n) is 2.67. The van der Waals surface area contributed by atoms with Gasteiger partial charge in [0.15, 0.2) is 0 Å². The van der Waals surface area contributed by atoms with Gasteiger partial charge in [-0.2, -0.15) is 0 Å². The van der Waals surface area contributed by atoms with Gasteiger partial charge in [0.05, 0.1) is 0 Å². The van der Waals surface area contributed by atoms with Crippen LogP contribution in [0.3, 0.4) is 0 Å². The minimum absolute atomic E-state index is 0.232. The number of hydrogen-bond acceptors (Lipinski definition) is 2. The van der Waals surface area contributed by atoms with Crippen LogP contribution in [0.5, 0.6) is 5.75 Å². The lowest BCUT2D eigenvalue weighted by Crippen LogP contribution is -2.24. The van der Waals surface area contributed by atoms with E-state index in [-0.39, 0.29) is 6.10 Å². The maximum atomic E-state index is 5.96. The minimum atomic E-state index is 0.232. The molecule has 0 spiro atoms. The lowest BCUT2D eigenvalue weighted by atomic mass is 9.96. The van der Waals surface area contributed by atoms with Gasteiger partial charge in [0.2, 0.25) is 0 Å². The molecule has 0 radical (unpaired) electrons. The summed E-state index contributed by atoms with van der Waals surface area (Å²) in [6.07, 6.45) is 0.232. The first-order valence-corrected chi connectivity index (χ1v) is 5.21. The third kappa shape index (κ3) is 1.60. The number of likely N-dealkylation sites (N-methyl/N-ethyl adjacent to an activating group) is 1. The molecule has 1 aliphatic rings. The Bertz CT molecular complexity index is 340. The van der Waals surface area contributed by atoms with Gasteiger partial charge in [-0.25, -0.2) is 0 Å². The number of halogens is 1. The Morgan fingerprint density at radius 2 is 2.29 bits per heavy atom. The van der Waals surface area contributed by atoms with Crippen molar-refractivity contribution >= 4 is 11.6 Å². The van der Waals surface area contributed by atoms with Crippen molar-refractivity contribution < 1.29 is 4.74 Å². The van der Waals surface area contributed by atoms with Crippen molar-refractivity contribution in [2.75, 3.05) is 13.6 Å². The fourth-order valence-corrected chi connectivity index (χ4v) is 2.13. The topological polar surface area (TPSA) is 21.3 Å². The lowest BCUT2D eigenvalue weighted by Gasteiger charge is -2.13. The molecular formula is C11H14ClNO. The summed E-state index contributed by atoms with van der Waals surface area (Å²) in [6.45, 7) is 3.02. The molecule has 0 aliphatic carbocycles. The Kier molecular flexibility index (Phi) is 2.66. The highest BCUT2D eigenvalue weighted by Crippen LogP contribution is 2.39. The maximum absolute atomic E-state index is 5.96. The molecule has 1 heterocycles. The molecule has 0 aromatic heterocycles. The highest BCUT2D eigenvalue weighted by Gasteiger charge is 2.30. The van der Waals surface area contributed by atoms with Gasteiger partial charge in [0, 0.05) is 23.0 Å². The standard InChI is InChI=1S/C11H14ClNO/c1-7-10(6-13-2)9-5-8(12)3-4-11(9)14-7/h3-5,7,10,13H,6H2,1-2H3. The van der Waals surface area contributed by atoms with E-state index in [2.05, 4.69) is 12.2 Å². The Morgan fingerprint density at radius 1 is 1.50 bits per heavy atom. The van der Waals surface area contributed by atoms with Gasteiger partial charge < -0.3 is 10.1 Å². The van der Waals surface area contributed by atoms with Crippen LogP contribution < -0.4 is 10.1 Å². The zero-order chi connectivity index (χ0) is 10.1. The number of hydrogen-bond donors (Lipinski definition) is 1. The first kappa shape index (κ1) is 9.81. The normalized spacial score (nSPS) is 24.5. The zero-order valence-electron chi connectivity index (χ0n) is 8.38. The average molecular weight is 212 g/mol. The minimum Gasteiger partial charge on any atom is -0.490 e. The largest absolute Gasteiger partial charge is 0.490 e. The second-order valence-corrected chi connectivity index (χ2v) is 4.11. The number of ether oxygens (including phenoxy) is 1. The monoisotopic (exact) mass is 211 g/mol. The molecule has 2 nitrogen and oxygen atoms in total. The van der Waals surface area contributed by atoms with E-state index in [0.717, 1.165) is 17.3 Å². The Hall–Kier alpha value is -0.730. The van der Waals surface area contributed by atoms with Crippen molar-refractivity contribution in [1.29, 1.82) is 0 Å². The molecule has 0 bridgehead atoms. The number of rotatable bonds is 2. The molecule has 1 aromatic carbocycles. The molecule has 2 rings (SSSR count). The fourth-order valence-electron chi connectivity index (χ4n) is 1.95. The van der Waals surface area contributed by atoms with E-state index in [1.165, 1.54) is 5.56 Å². The van der Waals surface area contributed by atoms with Crippen molar-refractivity contribution in [2.24, 2.45) is 0 Å². The summed E-state index contributed by atoms with van der Waals surface area (Å²) in [5, 5.41) is 3.96. The molecular weight excluding hydrogens is 198 g/mol. The SMILES string of the molecule is CNCC1c2cc(Cl)ccc2OC1C. The maximum Gasteiger partial charge on any atom is 0.123 e. The molecule has 0 amide bonds. The van der Waals surface area contributed by atoms with Crippen LogP contribution in [0.25, 0.3) is 0 Å². The fraction of sp³-hybridized carbons (Fsp3) is 0.455. The average Bonchev–Trinajstić information content (AvgIpc) is 2.45. The van der Waals surface area contributed by atoms with Crippen molar-refractivity contribution in [3.8, 4) is 5.75 Å². The highest BCUT2D eigenvalue weighted by molar-refractivity contribution is 6.30. The van der Waals surface area contributed by atoms with Gasteiger partial charge in [-0.15, -0.1) is 0 Å². The van der Waals surface area contributed by atoms with Crippen LogP contribution >= 0.6 is 11.6 Å². The van der Waals surface area contributed by atoms with Crippen LogP contribution in [-0.2, 0) is 0 Å². The van der Waals surface area contributed by atoms with Gasteiger partial charge in [0.1, 0.15) is 11.9 Å². The molecule has 3 heteroatoms. The van der Waals surface area contributed by atoms with Crippen LogP contribution in [0.1, 0.15) is 18.4 Å². The van der Waals surface area contributed by atoms with E-state index in [1.54, 1.807) is 0 Å². The summed E-state index contributed by atoms with van der Waals surface area (Å²) in [5.74, 6) is 1.39. The first-order chi connectivity index (χ1) is 6.72. The molecule has 76 valence electrons. The Morgan fingerprint density at radius 3 is 3.00 bits per heavy atom. The Labute approximate surface area is 89.2 Å². The molecule has 1 aliphatic heterocycles. The second-order valence-electron chi connectivity index (χ2n) is 3.67. The smallest absolute Gasteiger partial charge is 0.123 e. The molecule has 1 N–H and O–H groups in total. The van der Waals surface area contributed by atoms with Crippen molar-refractivity contribution in [1.82, 2.24) is 5.32 Å². The first-order valence-electron chi connectivity index (χ1n) is 4.83. The van der Waals surface area contributed by atoms with Crippen LogP contribution in [0.2, 0.25) is 5.02 Å². The zero-order valence-corrected chi connectivity index (χ0v) is 9.14. The summed E-state index contributed by atoms with van der Waals surface area (Å²) in [4.78, 5) is 0. The third-order valence-corrected chi connectivity index (χ3v) is 2.91. The molecule has 2 unspecified atom stereocenters. The molecule has 14 heavy (non-hydrogen) atoms. The molecule has 0 saturated carbocycles. The van der Waals surface area contributed by atoms with Crippen LogP contribution in [0.4, 0.5) is 0 Å². The summed E-state index contributed by atoms with van der Waals surface area (Å²) < 4.78 is 5.73. The molecule has 2 atom stereocenters. The Balaban J connectivity index is 2.34. The predicted octanol–water partition coefficient (Wildman–Crippen LogP) is 2.42. The van der Waals surface area contributed by atoms with Crippen LogP contribution in [-0.4, -0.2) is 19.7 Å². The van der Waals surface area contributed by atoms with E-state index >= 15 is 0 Å². The van der Waals surface area contributed by atoms with Crippen molar-refractivity contribution in [3.05, 3.63) is 28.8 Å². The second kappa shape index (κ2) is 3.79. The van der Waals surface area contributed by atoms with E-state index in [1.807, 2.05) is 25.2 Å². The summed E-state index contributed by atoms with van der Waals surface area (Å²) >= 11 is 5.96. The molecule has 0 fully saturated rings. The van der Waals surface area contributed by atoms with E-state index in [4.69, 9.17) is 16.3 Å².